The van der Waals surface area contributed by atoms with Gasteiger partial charge in [0.15, 0.2) is 0 Å². The van der Waals surface area contributed by atoms with Gasteiger partial charge in [0.1, 0.15) is 11.6 Å². The zero-order valence-electron chi connectivity index (χ0n) is 17.5. The minimum Gasteiger partial charge on any atom is -0.466 e. The maximum Gasteiger partial charge on any atom is 0.312 e. The highest BCUT2D eigenvalue weighted by Gasteiger charge is 2.74. The number of nitrogens with zero attached hydrogens (tertiary/aromatic N) is 1. The predicted molar refractivity (Wildman–Crippen MR) is 105 cm³/mol. The molecule has 3 aliphatic rings. The van der Waals surface area contributed by atoms with Crippen LogP contribution in [0.25, 0.3) is 0 Å². The SMILES string of the molecule is CCCCCNC(=O)C1N(CCCCO)C(=O)[C@@H]2[C@@H](C(=O)OCC)[C@H]3CCC12O3. The third kappa shape index (κ3) is 3.89. The second kappa shape index (κ2) is 9.43. The summed E-state index contributed by atoms with van der Waals surface area (Å²) in [7, 11) is 0. The van der Waals surface area contributed by atoms with E-state index in [1.165, 1.54) is 0 Å². The Kier molecular flexibility index (Phi) is 7.16. The molecule has 0 aliphatic carbocycles. The first-order valence-corrected chi connectivity index (χ1v) is 11.0. The predicted octanol–water partition coefficient (Wildman–Crippen LogP) is 1.00. The maximum absolute atomic E-state index is 13.4. The van der Waals surface area contributed by atoms with Gasteiger partial charge in [-0.25, -0.2) is 0 Å². The molecule has 2 unspecified atom stereocenters. The van der Waals surface area contributed by atoms with Crippen molar-refractivity contribution in [2.75, 3.05) is 26.3 Å². The van der Waals surface area contributed by atoms with Crippen molar-refractivity contribution in [2.24, 2.45) is 11.8 Å². The average molecular weight is 411 g/mol. The fourth-order valence-electron chi connectivity index (χ4n) is 5.28. The van der Waals surface area contributed by atoms with E-state index < -0.39 is 29.4 Å². The summed E-state index contributed by atoms with van der Waals surface area (Å²) in [5.41, 5.74) is -0.951. The minimum atomic E-state index is -0.951. The van der Waals surface area contributed by atoms with Gasteiger partial charge >= 0.3 is 5.97 Å². The summed E-state index contributed by atoms with van der Waals surface area (Å²) in [6.45, 7) is 5.06. The van der Waals surface area contributed by atoms with E-state index in [1.54, 1.807) is 11.8 Å². The number of aliphatic hydroxyl groups excluding tert-OH is 1. The monoisotopic (exact) mass is 410 g/mol. The van der Waals surface area contributed by atoms with Crippen LogP contribution in [0.15, 0.2) is 0 Å². The van der Waals surface area contributed by atoms with Gasteiger partial charge in [-0.1, -0.05) is 19.8 Å². The van der Waals surface area contributed by atoms with E-state index in [9.17, 15) is 14.4 Å². The number of hydrogen-bond acceptors (Lipinski definition) is 6. The first kappa shape index (κ1) is 22.0. The van der Waals surface area contributed by atoms with E-state index in [2.05, 4.69) is 12.2 Å². The van der Waals surface area contributed by atoms with E-state index >= 15 is 0 Å². The van der Waals surface area contributed by atoms with Gasteiger partial charge in [-0.15, -0.1) is 0 Å². The molecule has 8 nitrogen and oxygen atoms in total. The summed E-state index contributed by atoms with van der Waals surface area (Å²) >= 11 is 0. The van der Waals surface area contributed by atoms with Crippen LogP contribution < -0.4 is 5.32 Å². The van der Waals surface area contributed by atoms with Gasteiger partial charge in [0.25, 0.3) is 0 Å². The van der Waals surface area contributed by atoms with Crippen molar-refractivity contribution in [2.45, 2.75) is 76.5 Å². The Balaban J connectivity index is 1.84. The van der Waals surface area contributed by atoms with E-state index in [0.29, 0.717) is 38.8 Å². The van der Waals surface area contributed by atoms with Gasteiger partial charge in [0.05, 0.1) is 24.5 Å². The van der Waals surface area contributed by atoms with Crippen molar-refractivity contribution in [3.63, 3.8) is 0 Å². The molecule has 164 valence electrons. The highest BCUT2D eigenvalue weighted by atomic mass is 16.6. The van der Waals surface area contributed by atoms with Crippen molar-refractivity contribution >= 4 is 17.8 Å². The third-order valence-electron chi connectivity index (χ3n) is 6.49. The molecule has 3 saturated heterocycles. The topological polar surface area (TPSA) is 105 Å². The molecule has 0 aromatic rings. The Bertz CT molecular complexity index is 626. The maximum atomic E-state index is 13.4. The molecule has 2 amide bonds. The number of carbonyl (C=O) groups is 3. The van der Waals surface area contributed by atoms with Crippen molar-refractivity contribution in [1.82, 2.24) is 10.2 Å². The molecule has 0 radical (unpaired) electrons. The summed E-state index contributed by atoms with van der Waals surface area (Å²) in [5, 5.41) is 12.1. The van der Waals surface area contributed by atoms with Gasteiger partial charge in [-0.05, 0) is 39.0 Å². The van der Waals surface area contributed by atoms with Crippen molar-refractivity contribution in [1.29, 1.82) is 0 Å². The number of unbranched alkanes of at least 4 members (excludes halogenated alkanes) is 3. The molecule has 3 fully saturated rings. The molecule has 29 heavy (non-hydrogen) atoms. The number of amides is 2. The van der Waals surface area contributed by atoms with Crippen LogP contribution >= 0.6 is 0 Å². The lowest BCUT2D eigenvalue weighted by molar-refractivity contribution is -0.154. The van der Waals surface area contributed by atoms with Crippen LogP contribution in [0.4, 0.5) is 0 Å². The van der Waals surface area contributed by atoms with Gasteiger partial charge in [0, 0.05) is 19.7 Å². The minimum absolute atomic E-state index is 0.0362. The zero-order valence-corrected chi connectivity index (χ0v) is 17.5. The van der Waals surface area contributed by atoms with Gasteiger partial charge in [-0.2, -0.15) is 0 Å². The fraction of sp³-hybridized carbons (Fsp3) is 0.857. The number of aliphatic hydroxyl groups is 1. The molecule has 5 atom stereocenters. The van der Waals surface area contributed by atoms with Crippen LogP contribution in [0, 0.1) is 11.8 Å². The van der Waals surface area contributed by atoms with Gasteiger partial charge < -0.3 is 24.8 Å². The van der Waals surface area contributed by atoms with Gasteiger partial charge in [-0.3, -0.25) is 14.4 Å². The van der Waals surface area contributed by atoms with Gasteiger partial charge in [0.2, 0.25) is 11.8 Å². The molecule has 1 spiro atoms. The molecular formula is C21H34N2O6. The molecule has 0 aromatic heterocycles. The molecule has 2 N–H and O–H groups in total. The Labute approximate surface area is 172 Å². The summed E-state index contributed by atoms with van der Waals surface area (Å²) in [6, 6.07) is -0.732. The number of esters is 1. The van der Waals surface area contributed by atoms with Crippen molar-refractivity contribution in [3.05, 3.63) is 0 Å². The van der Waals surface area contributed by atoms with E-state index in [0.717, 1.165) is 19.3 Å². The second-order valence-electron chi connectivity index (χ2n) is 8.27. The highest BCUT2D eigenvalue weighted by molar-refractivity contribution is 5.98. The summed E-state index contributed by atoms with van der Waals surface area (Å²) in [5.74, 6) is -2.12. The molecule has 3 aliphatic heterocycles. The van der Waals surface area contributed by atoms with Crippen LogP contribution in [0.1, 0.15) is 58.8 Å². The lowest BCUT2D eigenvalue weighted by Gasteiger charge is -2.33. The Hall–Kier alpha value is -1.67. The number of rotatable bonds is 11. The zero-order chi connectivity index (χ0) is 21.0. The molecule has 0 saturated carbocycles. The number of likely N-dealkylation sites (tertiary alicyclic amines) is 1. The Morgan fingerprint density at radius 1 is 1.28 bits per heavy atom. The van der Waals surface area contributed by atoms with Crippen LogP contribution in [0.3, 0.4) is 0 Å². The first-order valence-electron chi connectivity index (χ1n) is 11.0. The van der Waals surface area contributed by atoms with Crippen LogP contribution in [0.5, 0.6) is 0 Å². The quantitative estimate of drug-likeness (QED) is 0.389. The van der Waals surface area contributed by atoms with E-state index in [-0.39, 0.29) is 31.1 Å². The Morgan fingerprint density at radius 2 is 2.07 bits per heavy atom. The number of ether oxygens (including phenoxy) is 2. The number of carbonyl (C=O) groups excluding carboxylic acids is 3. The van der Waals surface area contributed by atoms with Crippen LogP contribution in [0.2, 0.25) is 0 Å². The molecule has 3 rings (SSSR count). The lowest BCUT2D eigenvalue weighted by Crippen LogP contribution is -2.55. The third-order valence-corrected chi connectivity index (χ3v) is 6.49. The van der Waals surface area contributed by atoms with E-state index in [1.807, 2.05) is 0 Å². The number of nitrogens with one attached hydrogen (secondary N) is 1. The summed E-state index contributed by atoms with van der Waals surface area (Å²) in [6.07, 6.45) is 5.00. The fourth-order valence-corrected chi connectivity index (χ4v) is 5.28. The normalized spacial score (nSPS) is 32.5. The number of fused-ring (bicyclic) bond motifs is 1. The first-order chi connectivity index (χ1) is 14.0. The van der Waals surface area contributed by atoms with Crippen molar-refractivity contribution in [3.8, 4) is 0 Å². The highest BCUT2D eigenvalue weighted by Crippen LogP contribution is 2.58. The van der Waals surface area contributed by atoms with Crippen LogP contribution in [-0.2, 0) is 23.9 Å². The summed E-state index contributed by atoms with van der Waals surface area (Å²) in [4.78, 5) is 40.7. The van der Waals surface area contributed by atoms with Crippen molar-refractivity contribution < 1.29 is 29.0 Å². The van der Waals surface area contributed by atoms with Crippen LogP contribution in [-0.4, -0.2) is 71.8 Å². The molecule has 2 bridgehead atoms. The standard InChI is InChI=1S/C21H34N2O6/c1-3-5-6-11-22-18(25)17-21-10-9-14(29-21)15(20(27)28-4-2)16(21)19(26)23(17)12-7-8-13-24/h14-17,24H,3-13H2,1-2H3,(H,22,25)/t14-,15+,16+,17?,21?/m1/s1. The molecular weight excluding hydrogens is 376 g/mol. The average Bonchev–Trinajstić information content (AvgIpc) is 3.33. The molecule has 8 heteroatoms. The molecule has 3 heterocycles. The summed E-state index contributed by atoms with van der Waals surface area (Å²) < 4.78 is 11.5. The van der Waals surface area contributed by atoms with E-state index in [4.69, 9.17) is 14.6 Å². The largest absolute Gasteiger partial charge is 0.466 e. The smallest absolute Gasteiger partial charge is 0.312 e. The lowest BCUT2D eigenvalue weighted by atomic mass is 9.71. The Morgan fingerprint density at radius 3 is 2.76 bits per heavy atom. The number of hydrogen-bond donors (Lipinski definition) is 2. The second-order valence-corrected chi connectivity index (χ2v) is 8.27. The molecule has 0 aromatic carbocycles.